The normalized spacial score (nSPS) is 14.3. The van der Waals surface area contributed by atoms with Crippen LogP contribution in [0, 0.1) is 0 Å². The SMILES string of the molecule is c1ccc(-c2cc(-c3cccc4c3-c3sc5ccccc5c3C43c4ccccc4-c4ccccc43)cc(-c3cccc(-c4cccc(-c5ccc(-c6cc(-c7ccccc7-c7cccc8c7-c7ccccc7C87c8ccccc8-c8sc9ccccc9c87)nc(-c7ccccc7)n6)cc5)c4)c3)n2)cc1. The van der Waals surface area contributed by atoms with Crippen molar-refractivity contribution < 1.29 is 0 Å². The highest BCUT2D eigenvalue weighted by atomic mass is 32.1. The van der Waals surface area contributed by atoms with Crippen molar-refractivity contribution in [3.8, 4) is 144 Å². The van der Waals surface area contributed by atoms with E-state index in [1.807, 2.05) is 22.7 Å². The summed E-state index contributed by atoms with van der Waals surface area (Å²) >= 11 is 3.85. The van der Waals surface area contributed by atoms with Crippen LogP contribution in [0.5, 0.6) is 0 Å². The van der Waals surface area contributed by atoms with Gasteiger partial charge in [0.25, 0.3) is 0 Å². The van der Waals surface area contributed by atoms with Crippen LogP contribution in [0.2, 0.25) is 0 Å². The highest BCUT2D eigenvalue weighted by molar-refractivity contribution is 7.23. The Kier molecular flexibility index (Phi) is 13.0. The topological polar surface area (TPSA) is 38.7 Å². The molecular weight excluding hydrogens is 1300 g/mol. The fourth-order valence-corrected chi connectivity index (χ4v) is 20.9. The van der Waals surface area contributed by atoms with Crippen molar-refractivity contribution in [3.63, 3.8) is 0 Å². The smallest absolute Gasteiger partial charge is 0.160 e. The number of thiophene rings is 2. The van der Waals surface area contributed by atoms with Gasteiger partial charge in [-0.3, -0.25) is 0 Å². The molecule has 0 radical (unpaired) electrons. The fraction of sp³-hybridized carbons (Fsp3) is 0.0202. The predicted octanol–water partition coefficient (Wildman–Crippen LogP) is 26.0. The zero-order valence-corrected chi connectivity index (χ0v) is 57.9. The summed E-state index contributed by atoms with van der Waals surface area (Å²) in [7, 11) is 0. The Morgan fingerprint density at radius 1 is 0.202 bits per heavy atom. The van der Waals surface area contributed by atoms with Crippen LogP contribution in [-0.4, -0.2) is 15.0 Å². The van der Waals surface area contributed by atoms with Gasteiger partial charge in [-0.05, 0) is 170 Å². The highest BCUT2D eigenvalue weighted by Gasteiger charge is 2.56. The van der Waals surface area contributed by atoms with E-state index in [-0.39, 0.29) is 0 Å². The van der Waals surface area contributed by atoms with Gasteiger partial charge < -0.3 is 0 Å². The summed E-state index contributed by atoms with van der Waals surface area (Å²) in [5.74, 6) is 0.677. The monoisotopic (exact) mass is 1350 g/mol. The van der Waals surface area contributed by atoms with Crippen LogP contribution in [0.1, 0.15) is 44.5 Å². The standard InChI is InChI=1S/C99H59N3S2/c1-3-25-61(26-4-1)85-57-68(69-41-23-48-84-92(69)96-94(78-40-14-20-50-90(78)104-96)98(84)79-43-15-9-34-71(79)72-35-10-16-44-80(72)98)58-86(100-85)67-32-22-31-66(56-67)65-30-21-29-64(55-65)60-51-53-62(54-52-60)87-59-88(102-97(101-87)63-27-5-2-6-28-63)73-36-8-7-33-70(73)74-42-24-47-83-91(74)75-37-11-17-45-81(75)99(83)82-46-18-12-38-76(82)95-93(99)77-39-13-19-49-89(77)103-95/h1-59H. The van der Waals surface area contributed by atoms with Crippen molar-refractivity contribution in [2.75, 3.05) is 0 Å². The van der Waals surface area contributed by atoms with E-state index in [4.69, 9.17) is 15.0 Å². The molecule has 482 valence electrons. The van der Waals surface area contributed by atoms with Crippen LogP contribution >= 0.6 is 22.7 Å². The number of pyridine rings is 1. The van der Waals surface area contributed by atoms with E-state index in [1.54, 1.807) is 0 Å². The number of hydrogen-bond donors (Lipinski definition) is 0. The van der Waals surface area contributed by atoms with E-state index in [0.717, 1.165) is 84.0 Å². The van der Waals surface area contributed by atoms with E-state index in [0.29, 0.717) is 5.82 Å². The first-order chi connectivity index (χ1) is 51.6. The molecule has 1 atom stereocenters. The molecule has 0 fully saturated rings. The summed E-state index contributed by atoms with van der Waals surface area (Å²) < 4.78 is 2.62. The molecule has 0 N–H and O–H groups in total. The second-order valence-corrected chi connectivity index (χ2v) is 30.0. The van der Waals surface area contributed by atoms with Crippen LogP contribution in [0.4, 0.5) is 0 Å². The van der Waals surface area contributed by atoms with E-state index in [1.165, 1.54) is 119 Å². The molecule has 4 aliphatic carbocycles. The average molecular weight is 1350 g/mol. The minimum Gasteiger partial charge on any atom is -0.248 e. The molecular formula is C99H59N3S2. The fourth-order valence-electron chi connectivity index (χ4n) is 18.3. The lowest BCUT2D eigenvalue weighted by molar-refractivity contribution is 0.803. The Labute approximate surface area is 610 Å². The van der Waals surface area contributed by atoms with Gasteiger partial charge in [0.2, 0.25) is 0 Å². The van der Waals surface area contributed by atoms with E-state index >= 15 is 0 Å². The second kappa shape index (κ2) is 22.9. The second-order valence-electron chi connectivity index (χ2n) is 27.8. The van der Waals surface area contributed by atoms with Gasteiger partial charge in [-0.2, -0.15) is 0 Å². The molecule has 0 saturated carbocycles. The number of aromatic nitrogens is 3. The first kappa shape index (κ1) is 59.0. The molecule has 4 aliphatic rings. The lowest BCUT2D eigenvalue weighted by Crippen LogP contribution is -2.25. The molecule has 104 heavy (non-hydrogen) atoms. The van der Waals surface area contributed by atoms with Crippen molar-refractivity contribution in [1.29, 1.82) is 0 Å². The number of benzene rings is 14. The largest absolute Gasteiger partial charge is 0.248 e. The summed E-state index contributed by atoms with van der Waals surface area (Å²) in [5.41, 5.74) is 35.5. The van der Waals surface area contributed by atoms with Gasteiger partial charge in [0.15, 0.2) is 5.82 Å². The third-order valence-corrected chi connectivity index (χ3v) is 25.0. The lowest BCUT2D eigenvalue weighted by atomic mass is 9.70. The average Bonchev–Trinajstić information content (AvgIpc) is 1.50. The van der Waals surface area contributed by atoms with Gasteiger partial charge in [-0.1, -0.05) is 315 Å². The number of rotatable bonds is 9. The molecule has 0 amide bonds. The molecule has 0 aliphatic heterocycles. The number of fused-ring (bicyclic) bond motifs is 24. The molecule has 5 heteroatoms. The molecule has 2 spiro atoms. The van der Waals surface area contributed by atoms with Gasteiger partial charge in [0, 0.05) is 52.5 Å². The third kappa shape index (κ3) is 8.48. The summed E-state index contributed by atoms with van der Waals surface area (Å²) in [5, 5.41) is 2.65. The molecule has 4 aromatic heterocycles. The Morgan fingerprint density at radius 3 is 1.25 bits per heavy atom. The summed E-state index contributed by atoms with van der Waals surface area (Å²) in [4.78, 5) is 19.1. The van der Waals surface area contributed by atoms with Crippen molar-refractivity contribution in [1.82, 2.24) is 15.0 Å². The van der Waals surface area contributed by atoms with E-state index in [2.05, 4.69) is 358 Å². The molecule has 4 heterocycles. The van der Waals surface area contributed by atoms with Gasteiger partial charge in [-0.15, -0.1) is 22.7 Å². The molecule has 3 nitrogen and oxygen atoms in total. The number of nitrogens with zero attached hydrogens (tertiary/aromatic N) is 3. The van der Waals surface area contributed by atoms with Gasteiger partial charge in [-0.25, -0.2) is 15.0 Å². The van der Waals surface area contributed by atoms with E-state index < -0.39 is 10.8 Å². The molecule has 22 rings (SSSR count). The van der Waals surface area contributed by atoms with Gasteiger partial charge >= 0.3 is 0 Å². The zero-order chi connectivity index (χ0) is 68.2. The Bertz CT molecular complexity index is 6570. The molecule has 0 bridgehead atoms. The van der Waals surface area contributed by atoms with Crippen molar-refractivity contribution in [3.05, 3.63) is 402 Å². The molecule has 18 aromatic rings. The Hall–Kier alpha value is -12.8. The molecule has 0 saturated heterocycles. The maximum absolute atomic E-state index is 5.54. The predicted molar refractivity (Wildman–Crippen MR) is 432 cm³/mol. The third-order valence-electron chi connectivity index (χ3n) is 22.6. The Morgan fingerprint density at radius 2 is 0.596 bits per heavy atom. The maximum atomic E-state index is 5.54. The summed E-state index contributed by atoms with van der Waals surface area (Å²) in [6.07, 6.45) is 0. The Balaban J connectivity index is 0.626. The lowest BCUT2D eigenvalue weighted by Gasteiger charge is -2.30. The van der Waals surface area contributed by atoms with Crippen LogP contribution in [-0.2, 0) is 10.8 Å². The first-order valence-electron chi connectivity index (χ1n) is 35.7. The highest BCUT2D eigenvalue weighted by Crippen LogP contribution is 2.69. The summed E-state index contributed by atoms with van der Waals surface area (Å²) in [6, 6.07) is 132. The van der Waals surface area contributed by atoms with Crippen molar-refractivity contribution in [2.24, 2.45) is 0 Å². The first-order valence-corrected chi connectivity index (χ1v) is 37.3. The number of hydrogen-bond acceptors (Lipinski definition) is 5. The maximum Gasteiger partial charge on any atom is 0.160 e. The molecule has 1 unspecified atom stereocenters. The van der Waals surface area contributed by atoms with Crippen LogP contribution in [0.25, 0.3) is 164 Å². The van der Waals surface area contributed by atoms with Crippen LogP contribution in [0.15, 0.2) is 358 Å². The zero-order valence-electron chi connectivity index (χ0n) is 56.2. The minimum absolute atomic E-state index is 0.473. The van der Waals surface area contributed by atoms with Crippen LogP contribution in [0.3, 0.4) is 0 Å². The van der Waals surface area contributed by atoms with Gasteiger partial charge in [0.1, 0.15) is 0 Å². The minimum atomic E-state index is -0.482. The molecule has 14 aromatic carbocycles. The van der Waals surface area contributed by atoms with Crippen molar-refractivity contribution >= 4 is 42.8 Å². The van der Waals surface area contributed by atoms with Crippen LogP contribution < -0.4 is 0 Å². The quantitative estimate of drug-likeness (QED) is 0.145. The summed E-state index contributed by atoms with van der Waals surface area (Å²) in [6.45, 7) is 0. The van der Waals surface area contributed by atoms with Gasteiger partial charge in [0.05, 0.1) is 33.6 Å². The van der Waals surface area contributed by atoms with Crippen molar-refractivity contribution in [2.45, 2.75) is 10.8 Å². The van der Waals surface area contributed by atoms with E-state index in [9.17, 15) is 0 Å².